The lowest BCUT2D eigenvalue weighted by Crippen LogP contribution is -2.42. The summed E-state index contributed by atoms with van der Waals surface area (Å²) in [5, 5.41) is 0. The van der Waals surface area contributed by atoms with Crippen LogP contribution in [0.1, 0.15) is 19.3 Å². The molecule has 0 atom stereocenters. The standard InChI is InChI=1S/C9H14O2S/c10-8-1-6-12-7-9(8)2-4-11-5-3-9/h1-7H2. The average molecular weight is 186 g/mol. The lowest BCUT2D eigenvalue weighted by molar-refractivity contribution is -0.132. The molecule has 0 unspecified atom stereocenters. The van der Waals surface area contributed by atoms with Gasteiger partial charge in [-0.3, -0.25) is 4.79 Å². The summed E-state index contributed by atoms with van der Waals surface area (Å²) in [7, 11) is 0. The molecule has 0 bridgehead atoms. The molecule has 0 N–H and O–H groups in total. The van der Waals surface area contributed by atoms with Crippen molar-refractivity contribution in [2.24, 2.45) is 5.41 Å². The molecule has 1 spiro atoms. The maximum absolute atomic E-state index is 11.7. The first kappa shape index (κ1) is 8.57. The summed E-state index contributed by atoms with van der Waals surface area (Å²) in [5.41, 5.74) is 0.0150. The fraction of sp³-hybridized carbons (Fsp3) is 0.889. The summed E-state index contributed by atoms with van der Waals surface area (Å²) in [6, 6.07) is 0. The molecule has 2 aliphatic heterocycles. The van der Waals surface area contributed by atoms with Crippen molar-refractivity contribution in [3.05, 3.63) is 0 Å². The predicted octanol–water partition coefficient (Wildman–Crippen LogP) is 1.49. The van der Waals surface area contributed by atoms with Crippen LogP contribution in [0.3, 0.4) is 0 Å². The van der Waals surface area contributed by atoms with Crippen LogP contribution in [0.5, 0.6) is 0 Å². The van der Waals surface area contributed by atoms with Gasteiger partial charge < -0.3 is 4.74 Å². The van der Waals surface area contributed by atoms with E-state index >= 15 is 0 Å². The molecule has 2 nitrogen and oxygen atoms in total. The SMILES string of the molecule is O=C1CCSCC12CCOCC2. The second-order valence-electron chi connectivity index (χ2n) is 3.62. The van der Waals surface area contributed by atoms with E-state index in [1.54, 1.807) is 0 Å². The van der Waals surface area contributed by atoms with Crippen molar-refractivity contribution >= 4 is 17.5 Å². The minimum Gasteiger partial charge on any atom is -0.381 e. The molecule has 2 saturated heterocycles. The fourth-order valence-corrected chi connectivity index (χ4v) is 3.28. The van der Waals surface area contributed by atoms with E-state index in [1.165, 1.54) is 0 Å². The Hall–Kier alpha value is -0.0200. The van der Waals surface area contributed by atoms with Crippen LogP contribution in [0, 0.1) is 5.41 Å². The summed E-state index contributed by atoms with van der Waals surface area (Å²) in [4.78, 5) is 11.7. The van der Waals surface area contributed by atoms with Gasteiger partial charge in [0.1, 0.15) is 5.78 Å². The highest BCUT2D eigenvalue weighted by Crippen LogP contribution is 2.39. The quantitative estimate of drug-likeness (QED) is 0.573. The molecular weight excluding hydrogens is 172 g/mol. The molecule has 0 amide bonds. The normalized spacial score (nSPS) is 29.2. The molecule has 2 heterocycles. The van der Waals surface area contributed by atoms with Crippen molar-refractivity contribution in [1.82, 2.24) is 0 Å². The summed E-state index contributed by atoms with van der Waals surface area (Å²) in [5.74, 6) is 2.56. The predicted molar refractivity (Wildman–Crippen MR) is 49.4 cm³/mol. The van der Waals surface area contributed by atoms with E-state index in [4.69, 9.17) is 4.74 Å². The van der Waals surface area contributed by atoms with Gasteiger partial charge in [0.15, 0.2) is 0 Å². The Bertz CT molecular complexity index is 177. The topological polar surface area (TPSA) is 26.3 Å². The molecule has 2 aliphatic rings. The number of ketones is 1. The van der Waals surface area contributed by atoms with Gasteiger partial charge in [-0.05, 0) is 12.8 Å². The second kappa shape index (κ2) is 3.38. The monoisotopic (exact) mass is 186 g/mol. The summed E-state index contributed by atoms with van der Waals surface area (Å²) in [6.45, 7) is 1.57. The van der Waals surface area contributed by atoms with E-state index < -0.39 is 0 Å². The van der Waals surface area contributed by atoms with Crippen LogP contribution in [0.25, 0.3) is 0 Å². The minimum atomic E-state index is 0.0150. The van der Waals surface area contributed by atoms with E-state index in [-0.39, 0.29) is 5.41 Å². The maximum Gasteiger partial charge on any atom is 0.140 e. The third kappa shape index (κ3) is 1.40. The van der Waals surface area contributed by atoms with Gasteiger partial charge in [0.25, 0.3) is 0 Å². The van der Waals surface area contributed by atoms with E-state index in [1.807, 2.05) is 11.8 Å². The Morgan fingerprint density at radius 2 is 2.08 bits per heavy atom. The molecule has 0 saturated carbocycles. The molecule has 0 aromatic heterocycles. The molecular formula is C9H14O2S. The highest BCUT2D eigenvalue weighted by atomic mass is 32.2. The minimum absolute atomic E-state index is 0.0150. The molecule has 3 heteroatoms. The van der Waals surface area contributed by atoms with E-state index in [2.05, 4.69) is 0 Å². The average Bonchev–Trinajstić information content (AvgIpc) is 2.12. The largest absolute Gasteiger partial charge is 0.381 e. The molecule has 2 fully saturated rings. The van der Waals surface area contributed by atoms with Gasteiger partial charge in [-0.1, -0.05) is 0 Å². The molecule has 68 valence electrons. The summed E-state index contributed by atoms with van der Waals surface area (Å²) < 4.78 is 5.28. The smallest absolute Gasteiger partial charge is 0.140 e. The van der Waals surface area contributed by atoms with Gasteiger partial charge in [-0.25, -0.2) is 0 Å². The highest BCUT2D eigenvalue weighted by Gasteiger charge is 2.41. The number of Topliss-reactive ketones (excluding diaryl/α,β-unsaturated/α-hetero) is 1. The van der Waals surface area contributed by atoms with Gasteiger partial charge in [0.2, 0.25) is 0 Å². The van der Waals surface area contributed by atoms with Crippen LogP contribution in [0.2, 0.25) is 0 Å². The number of carbonyl (C=O) groups excluding carboxylic acids is 1. The zero-order chi connectivity index (χ0) is 8.44. The fourth-order valence-electron chi connectivity index (χ4n) is 1.96. The Balaban J connectivity index is 2.09. The van der Waals surface area contributed by atoms with Crippen molar-refractivity contribution in [2.45, 2.75) is 19.3 Å². The van der Waals surface area contributed by atoms with Crippen LogP contribution in [0.15, 0.2) is 0 Å². The first-order valence-electron chi connectivity index (χ1n) is 4.52. The van der Waals surface area contributed by atoms with Crippen molar-refractivity contribution in [3.8, 4) is 0 Å². The van der Waals surface area contributed by atoms with Crippen LogP contribution in [0.4, 0.5) is 0 Å². The van der Waals surface area contributed by atoms with E-state index in [9.17, 15) is 4.79 Å². The number of carbonyl (C=O) groups is 1. The van der Waals surface area contributed by atoms with Crippen molar-refractivity contribution in [2.75, 3.05) is 24.7 Å². The van der Waals surface area contributed by atoms with Gasteiger partial charge in [-0.2, -0.15) is 11.8 Å². The van der Waals surface area contributed by atoms with Gasteiger partial charge in [0.05, 0.1) is 0 Å². The third-order valence-electron chi connectivity index (χ3n) is 2.89. The molecule has 0 aliphatic carbocycles. The third-order valence-corrected chi connectivity index (χ3v) is 4.14. The lowest BCUT2D eigenvalue weighted by atomic mass is 9.77. The molecule has 0 radical (unpaired) electrons. The van der Waals surface area contributed by atoms with Crippen LogP contribution >= 0.6 is 11.8 Å². The van der Waals surface area contributed by atoms with Crippen molar-refractivity contribution < 1.29 is 9.53 Å². The van der Waals surface area contributed by atoms with Crippen LogP contribution in [-0.4, -0.2) is 30.5 Å². The Morgan fingerprint density at radius 3 is 2.75 bits per heavy atom. The first-order valence-corrected chi connectivity index (χ1v) is 5.68. The Morgan fingerprint density at radius 1 is 1.33 bits per heavy atom. The van der Waals surface area contributed by atoms with Crippen molar-refractivity contribution in [1.29, 1.82) is 0 Å². The number of thioether (sulfide) groups is 1. The van der Waals surface area contributed by atoms with Gasteiger partial charge >= 0.3 is 0 Å². The molecule has 2 rings (SSSR count). The number of hydrogen-bond acceptors (Lipinski definition) is 3. The number of rotatable bonds is 0. The number of ether oxygens (including phenoxy) is 1. The number of hydrogen-bond donors (Lipinski definition) is 0. The molecule has 0 aromatic carbocycles. The van der Waals surface area contributed by atoms with Gasteiger partial charge in [0, 0.05) is 36.6 Å². The highest BCUT2D eigenvalue weighted by molar-refractivity contribution is 7.99. The lowest BCUT2D eigenvalue weighted by Gasteiger charge is -2.38. The molecule has 12 heavy (non-hydrogen) atoms. The second-order valence-corrected chi connectivity index (χ2v) is 4.72. The Kier molecular flexibility index (Phi) is 2.42. The maximum atomic E-state index is 11.7. The molecule has 0 aromatic rings. The summed E-state index contributed by atoms with van der Waals surface area (Å²) in [6.07, 6.45) is 2.70. The Labute approximate surface area is 77.0 Å². The zero-order valence-electron chi connectivity index (χ0n) is 7.17. The first-order chi connectivity index (χ1) is 5.83. The van der Waals surface area contributed by atoms with Crippen molar-refractivity contribution in [3.63, 3.8) is 0 Å². The van der Waals surface area contributed by atoms with E-state index in [0.29, 0.717) is 5.78 Å². The van der Waals surface area contributed by atoms with Gasteiger partial charge in [-0.15, -0.1) is 0 Å². The van der Waals surface area contributed by atoms with Crippen LogP contribution < -0.4 is 0 Å². The summed E-state index contributed by atoms with van der Waals surface area (Å²) >= 11 is 1.93. The zero-order valence-corrected chi connectivity index (χ0v) is 7.99. The van der Waals surface area contributed by atoms with Crippen LogP contribution in [-0.2, 0) is 9.53 Å². The van der Waals surface area contributed by atoms with E-state index in [0.717, 1.165) is 44.0 Å².